The van der Waals surface area contributed by atoms with Gasteiger partial charge in [-0.2, -0.15) is 0 Å². The van der Waals surface area contributed by atoms with Crippen molar-refractivity contribution < 1.29 is 14.6 Å². The first-order valence-electron chi connectivity index (χ1n) is 6.73. The van der Waals surface area contributed by atoms with E-state index in [0.29, 0.717) is 12.5 Å². The minimum Gasteiger partial charge on any atom is -0.389 e. The van der Waals surface area contributed by atoms with Crippen LogP contribution in [0.3, 0.4) is 0 Å². The molecule has 106 valence electrons. The van der Waals surface area contributed by atoms with Crippen molar-refractivity contribution in [1.82, 2.24) is 10.6 Å². The van der Waals surface area contributed by atoms with Crippen LogP contribution in [-0.2, 0) is 9.53 Å². The standard InChI is InChI=1S/C13H26N2O3/c1-10(2)8-18-9-11(16)7-14-12(17)13(3)5-4-6-15-13/h10-11,15-16H,4-9H2,1-3H3,(H,14,17). The molecule has 2 atom stereocenters. The van der Waals surface area contributed by atoms with Gasteiger partial charge in [0.1, 0.15) is 0 Å². The zero-order chi connectivity index (χ0) is 13.6. The molecule has 0 spiro atoms. The van der Waals surface area contributed by atoms with Crippen LogP contribution in [-0.4, -0.2) is 49.0 Å². The van der Waals surface area contributed by atoms with Crippen LogP contribution >= 0.6 is 0 Å². The summed E-state index contributed by atoms with van der Waals surface area (Å²) in [5.74, 6) is 0.413. The zero-order valence-electron chi connectivity index (χ0n) is 11.7. The maximum absolute atomic E-state index is 11.9. The molecule has 1 fully saturated rings. The normalized spacial score (nSPS) is 25.4. The second-order valence-corrected chi connectivity index (χ2v) is 5.66. The molecule has 1 saturated heterocycles. The number of nitrogens with one attached hydrogen (secondary N) is 2. The number of aliphatic hydroxyl groups excluding tert-OH is 1. The lowest BCUT2D eigenvalue weighted by molar-refractivity contribution is -0.127. The summed E-state index contributed by atoms with van der Waals surface area (Å²) in [6.07, 6.45) is 1.22. The summed E-state index contributed by atoms with van der Waals surface area (Å²) in [5.41, 5.74) is -0.474. The van der Waals surface area contributed by atoms with Crippen molar-refractivity contribution in [3.05, 3.63) is 0 Å². The number of aliphatic hydroxyl groups is 1. The number of carbonyl (C=O) groups excluding carboxylic acids is 1. The number of carbonyl (C=O) groups is 1. The Hall–Kier alpha value is -0.650. The molecule has 0 radical (unpaired) electrons. The second-order valence-electron chi connectivity index (χ2n) is 5.66. The van der Waals surface area contributed by atoms with Crippen LogP contribution in [0.2, 0.25) is 0 Å². The molecule has 18 heavy (non-hydrogen) atoms. The summed E-state index contributed by atoms with van der Waals surface area (Å²) in [4.78, 5) is 11.9. The van der Waals surface area contributed by atoms with Gasteiger partial charge >= 0.3 is 0 Å². The predicted octanol–water partition coefficient (Wildman–Crippen LogP) is 0.278. The van der Waals surface area contributed by atoms with Gasteiger partial charge in [-0.25, -0.2) is 0 Å². The van der Waals surface area contributed by atoms with Gasteiger partial charge in [0, 0.05) is 13.2 Å². The average Bonchev–Trinajstić information content (AvgIpc) is 2.74. The lowest BCUT2D eigenvalue weighted by atomic mass is 9.99. The molecule has 1 rings (SSSR count). The minimum absolute atomic E-state index is 0.0390. The van der Waals surface area contributed by atoms with E-state index in [2.05, 4.69) is 24.5 Å². The van der Waals surface area contributed by atoms with Gasteiger partial charge in [0.2, 0.25) is 5.91 Å². The van der Waals surface area contributed by atoms with Gasteiger partial charge < -0.3 is 20.5 Å². The van der Waals surface area contributed by atoms with E-state index in [-0.39, 0.29) is 19.1 Å². The SMILES string of the molecule is CC(C)COCC(O)CNC(=O)C1(C)CCCN1. The highest BCUT2D eigenvalue weighted by Crippen LogP contribution is 2.18. The number of hydrogen-bond acceptors (Lipinski definition) is 4. The topological polar surface area (TPSA) is 70.6 Å². The Kier molecular flexibility index (Phi) is 6.05. The summed E-state index contributed by atoms with van der Waals surface area (Å²) in [5, 5.41) is 15.6. The molecule has 5 nitrogen and oxygen atoms in total. The van der Waals surface area contributed by atoms with E-state index in [1.165, 1.54) is 0 Å². The van der Waals surface area contributed by atoms with Crippen molar-refractivity contribution in [3.63, 3.8) is 0 Å². The Balaban J connectivity index is 2.17. The maximum atomic E-state index is 11.9. The maximum Gasteiger partial charge on any atom is 0.240 e. The Morgan fingerprint density at radius 3 is 2.78 bits per heavy atom. The van der Waals surface area contributed by atoms with Crippen LogP contribution in [0.5, 0.6) is 0 Å². The molecule has 1 aliphatic rings. The molecule has 1 aliphatic heterocycles. The number of hydrogen-bond donors (Lipinski definition) is 3. The summed E-state index contributed by atoms with van der Waals surface area (Å²) >= 11 is 0. The van der Waals surface area contributed by atoms with Gasteiger partial charge in [0.05, 0.1) is 18.2 Å². The summed E-state index contributed by atoms with van der Waals surface area (Å²) < 4.78 is 5.32. The van der Waals surface area contributed by atoms with E-state index in [1.807, 2.05) is 6.92 Å². The first-order chi connectivity index (χ1) is 8.44. The lowest BCUT2D eigenvalue weighted by Gasteiger charge is -2.24. The summed E-state index contributed by atoms with van der Waals surface area (Å²) in [7, 11) is 0. The number of rotatable bonds is 7. The molecule has 0 aromatic heterocycles. The molecule has 0 aromatic carbocycles. The molecular weight excluding hydrogens is 232 g/mol. The zero-order valence-corrected chi connectivity index (χ0v) is 11.7. The predicted molar refractivity (Wildman–Crippen MR) is 70.3 cm³/mol. The number of ether oxygens (including phenoxy) is 1. The van der Waals surface area contributed by atoms with Crippen molar-refractivity contribution in [1.29, 1.82) is 0 Å². The van der Waals surface area contributed by atoms with Crippen LogP contribution in [0.4, 0.5) is 0 Å². The first kappa shape index (κ1) is 15.4. The molecule has 0 saturated carbocycles. The monoisotopic (exact) mass is 258 g/mol. The van der Waals surface area contributed by atoms with E-state index >= 15 is 0 Å². The minimum atomic E-state index is -0.641. The van der Waals surface area contributed by atoms with Crippen LogP contribution in [0.25, 0.3) is 0 Å². The third-order valence-corrected chi connectivity index (χ3v) is 3.13. The summed E-state index contributed by atoms with van der Waals surface area (Å²) in [6, 6.07) is 0. The highest BCUT2D eigenvalue weighted by molar-refractivity contribution is 5.86. The lowest BCUT2D eigenvalue weighted by Crippen LogP contribution is -2.52. The summed E-state index contributed by atoms with van der Waals surface area (Å²) in [6.45, 7) is 8.03. The van der Waals surface area contributed by atoms with Gasteiger partial charge in [0.15, 0.2) is 0 Å². The van der Waals surface area contributed by atoms with E-state index in [9.17, 15) is 9.90 Å². The van der Waals surface area contributed by atoms with Crippen molar-refractivity contribution in [2.45, 2.75) is 45.3 Å². The van der Waals surface area contributed by atoms with E-state index in [1.54, 1.807) is 0 Å². The Labute approximate surface area is 109 Å². The largest absolute Gasteiger partial charge is 0.389 e. The molecule has 0 aromatic rings. The van der Waals surface area contributed by atoms with Gasteiger partial charge in [-0.3, -0.25) is 4.79 Å². The van der Waals surface area contributed by atoms with Crippen LogP contribution in [0, 0.1) is 5.92 Å². The molecule has 1 heterocycles. The molecular formula is C13H26N2O3. The van der Waals surface area contributed by atoms with Crippen molar-refractivity contribution in [3.8, 4) is 0 Å². The quantitative estimate of drug-likeness (QED) is 0.613. The van der Waals surface area contributed by atoms with Crippen molar-refractivity contribution in [2.24, 2.45) is 5.92 Å². The van der Waals surface area contributed by atoms with Gasteiger partial charge in [-0.1, -0.05) is 13.8 Å². The van der Waals surface area contributed by atoms with E-state index in [4.69, 9.17) is 4.74 Å². The van der Waals surface area contributed by atoms with Crippen LogP contribution in [0.1, 0.15) is 33.6 Å². The first-order valence-corrected chi connectivity index (χ1v) is 6.73. The molecule has 1 amide bonds. The fourth-order valence-electron chi connectivity index (χ4n) is 1.99. The molecule has 0 bridgehead atoms. The number of amides is 1. The fraction of sp³-hybridized carbons (Fsp3) is 0.923. The molecule has 5 heteroatoms. The smallest absolute Gasteiger partial charge is 0.240 e. The third kappa shape index (κ3) is 4.92. The van der Waals surface area contributed by atoms with Gasteiger partial charge in [-0.15, -0.1) is 0 Å². The second kappa shape index (κ2) is 7.07. The molecule has 2 unspecified atom stereocenters. The Bertz CT molecular complexity index is 263. The molecule has 0 aliphatic carbocycles. The Morgan fingerprint density at radius 1 is 1.50 bits per heavy atom. The van der Waals surface area contributed by atoms with Crippen LogP contribution < -0.4 is 10.6 Å². The highest BCUT2D eigenvalue weighted by Gasteiger charge is 2.35. The van der Waals surface area contributed by atoms with Gasteiger partial charge in [0.25, 0.3) is 0 Å². The average molecular weight is 258 g/mol. The fourth-order valence-corrected chi connectivity index (χ4v) is 1.99. The van der Waals surface area contributed by atoms with E-state index in [0.717, 1.165) is 19.4 Å². The molecule has 3 N–H and O–H groups in total. The van der Waals surface area contributed by atoms with Crippen LogP contribution in [0.15, 0.2) is 0 Å². The highest BCUT2D eigenvalue weighted by atomic mass is 16.5. The Morgan fingerprint density at radius 2 is 2.22 bits per heavy atom. The van der Waals surface area contributed by atoms with Gasteiger partial charge in [-0.05, 0) is 32.2 Å². The van der Waals surface area contributed by atoms with E-state index < -0.39 is 11.6 Å². The third-order valence-electron chi connectivity index (χ3n) is 3.13. The van der Waals surface area contributed by atoms with Crippen molar-refractivity contribution >= 4 is 5.91 Å². The van der Waals surface area contributed by atoms with Crippen molar-refractivity contribution in [2.75, 3.05) is 26.3 Å².